The van der Waals surface area contributed by atoms with Crippen LogP contribution in [0.4, 0.5) is 0 Å². The highest BCUT2D eigenvalue weighted by Crippen LogP contribution is 2.12. The molecule has 0 heteroatoms. The second kappa shape index (κ2) is 11.1. The van der Waals surface area contributed by atoms with Crippen LogP contribution in [0.5, 0.6) is 0 Å². The van der Waals surface area contributed by atoms with E-state index >= 15 is 0 Å². The maximum absolute atomic E-state index is 3.31. The fraction of sp³-hybridized carbons (Fsp3) is 0.267. The van der Waals surface area contributed by atoms with Crippen LogP contribution in [-0.4, -0.2) is 0 Å². The van der Waals surface area contributed by atoms with Crippen LogP contribution in [-0.2, 0) is 12.8 Å². The van der Waals surface area contributed by atoms with E-state index in [-0.39, 0.29) is 0 Å². The molecule has 3 rings (SSSR count). The molecule has 0 fully saturated rings. The van der Waals surface area contributed by atoms with Crippen LogP contribution in [0.2, 0.25) is 0 Å². The van der Waals surface area contributed by atoms with Crippen molar-refractivity contribution in [3.05, 3.63) is 106 Å². The molecular weight excluding hydrogens is 360 g/mol. The van der Waals surface area contributed by atoms with Crippen molar-refractivity contribution in [3.8, 4) is 23.7 Å². The van der Waals surface area contributed by atoms with E-state index in [4.69, 9.17) is 0 Å². The molecule has 0 aliphatic carbocycles. The average molecular weight is 391 g/mol. The Bertz CT molecular complexity index is 1080. The number of aryl methyl sites for hydroxylation is 3. The summed E-state index contributed by atoms with van der Waals surface area (Å²) in [5.74, 6) is 13.2. The highest BCUT2D eigenvalue weighted by molar-refractivity contribution is 5.51. The Kier molecular flexibility index (Phi) is 7.94. The Hall–Kier alpha value is -3.22. The highest BCUT2D eigenvalue weighted by Gasteiger charge is 1.97. The fourth-order valence-corrected chi connectivity index (χ4v) is 3.34. The van der Waals surface area contributed by atoms with E-state index in [1.165, 1.54) is 30.4 Å². The molecule has 150 valence electrons. The normalized spacial score (nSPS) is 9.97. The minimum Gasteiger partial charge on any atom is -0.0654 e. The molecule has 0 bridgehead atoms. The first-order valence-corrected chi connectivity index (χ1v) is 11.0. The van der Waals surface area contributed by atoms with Gasteiger partial charge in [-0.15, -0.1) is 0 Å². The molecule has 0 spiro atoms. The lowest BCUT2D eigenvalue weighted by Crippen LogP contribution is -1.86. The monoisotopic (exact) mass is 390 g/mol. The molecular formula is C30H30. The quantitative estimate of drug-likeness (QED) is 0.408. The third kappa shape index (κ3) is 6.40. The highest BCUT2D eigenvalue weighted by atomic mass is 14.0. The topological polar surface area (TPSA) is 0 Å². The summed E-state index contributed by atoms with van der Waals surface area (Å²) in [4.78, 5) is 0. The van der Waals surface area contributed by atoms with Crippen LogP contribution in [0.3, 0.4) is 0 Å². The molecule has 0 nitrogen and oxygen atoms in total. The Balaban J connectivity index is 1.68. The lowest BCUT2D eigenvalue weighted by atomic mass is 10.0. The summed E-state index contributed by atoms with van der Waals surface area (Å²) in [5, 5.41) is 0. The molecule has 0 aliphatic heterocycles. The van der Waals surface area contributed by atoms with E-state index in [9.17, 15) is 0 Å². The van der Waals surface area contributed by atoms with Crippen LogP contribution in [0.1, 0.15) is 72.1 Å². The largest absolute Gasteiger partial charge is 0.0654 e. The minimum atomic E-state index is 1.02. The summed E-state index contributed by atoms with van der Waals surface area (Å²) in [6.07, 6.45) is 5.91. The molecule has 0 radical (unpaired) electrons. The molecule has 0 aromatic heterocycles. The van der Waals surface area contributed by atoms with Gasteiger partial charge in [0.15, 0.2) is 0 Å². The molecule has 30 heavy (non-hydrogen) atoms. The number of unbranched alkanes of at least 4 members (excludes halogenated alkanes) is 1. The Morgan fingerprint density at radius 2 is 1.10 bits per heavy atom. The second-order valence-corrected chi connectivity index (χ2v) is 7.78. The summed E-state index contributed by atoms with van der Waals surface area (Å²) in [5.41, 5.74) is 8.12. The Labute approximate surface area is 182 Å². The molecule has 3 aromatic rings. The van der Waals surface area contributed by atoms with E-state index in [0.717, 1.165) is 40.7 Å². The van der Waals surface area contributed by atoms with Crippen LogP contribution in [0, 0.1) is 30.6 Å². The standard InChI is InChI=1S/C30H30/c1-4-6-8-26-11-15-28(16-12-26)19-21-30-22-20-29(23-24(30)3)18-17-27-13-9-25(7-5-2)10-14-27/h9-16,20,22-23H,4-8H2,1-3H3. The first-order chi connectivity index (χ1) is 14.7. The van der Waals surface area contributed by atoms with Crippen molar-refractivity contribution in [2.45, 2.75) is 52.9 Å². The maximum atomic E-state index is 3.31. The van der Waals surface area contributed by atoms with E-state index in [1.807, 2.05) is 0 Å². The molecule has 0 N–H and O–H groups in total. The van der Waals surface area contributed by atoms with Crippen molar-refractivity contribution in [2.75, 3.05) is 0 Å². The average Bonchev–Trinajstić information content (AvgIpc) is 2.77. The van der Waals surface area contributed by atoms with E-state index < -0.39 is 0 Å². The number of rotatable bonds is 5. The second-order valence-electron chi connectivity index (χ2n) is 7.78. The predicted molar refractivity (Wildman–Crippen MR) is 129 cm³/mol. The van der Waals surface area contributed by atoms with Gasteiger partial charge in [-0.3, -0.25) is 0 Å². The van der Waals surface area contributed by atoms with Gasteiger partial charge in [-0.2, -0.15) is 0 Å². The van der Waals surface area contributed by atoms with Gasteiger partial charge in [0.1, 0.15) is 0 Å². The number of hydrogen-bond acceptors (Lipinski definition) is 0. The molecule has 0 saturated heterocycles. The molecule has 0 heterocycles. The summed E-state index contributed by atoms with van der Waals surface area (Å²) >= 11 is 0. The van der Waals surface area contributed by atoms with Crippen LogP contribution in [0.25, 0.3) is 0 Å². The van der Waals surface area contributed by atoms with Gasteiger partial charge in [0.2, 0.25) is 0 Å². The predicted octanol–water partition coefficient (Wildman–Crippen LogP) is 7.09. The van der Waals surface area contributed by atoms with Crippen molar-refractivity contribution in [2.24, 2.45) is 0 Å². The van der Waals surface area contributed by atoms with Crippen molar-refractivity contribution in [3.63, 3.8) is 0 Å². The van der Waals surface area contributed by atoms with Crippen LogP contribution >= 0.6 is 0 Å². The van der Waals surface area contributed by atoms with Crippen molar-refractivity contribution >= 4 is 0 Å². The lowest BCUT2D eigenvalue weighted by Gasteiger charge is -2.00. The summed E-state index contributed by atoms with van der Waals surface area (Å²) in [7, 11) is 0. The van der Waals surface area contributed by atoms with Crippen LogP contribution < -0.4 is 0 Å². The van der Waals surface area contributed by atoms with Crippen molar-refractivity contribution < 1.29 is 0 Å². The zero-order valence-corrected chi connectivity index (χ0v) is 18.4. The van der Waals surface area contributed by atoms with Gasteiger partial charge in [0.05, 0.1) is 0 Å². The Morgan fingerprint density at radius 1 is 0.567 bits per heavy atom. The lowest BCUT2D eigenvalue weighted by molar-refractivity contribution is 0.795. The molecule has 0 saturated carbocycles. The fourth-order valence-electron chi connectivity index (χ4n) is 3.34. The maximum Gasteiger partial charge on any atom is 0.0279 e. The smallest absolute Gasteiger partial charge is 0.0279 e. The third-order valence-corrected chi connectivity index (χ3v) is 5.18. The van der Waals surface area contributed by atoms with Gasteiger partial charge >= 0.3 is 0 Å². The van der Waals surface area contributed by atoms with Crippen molar-refractivity contribution in [1.82, 2.24) is 0 Å². The zero-order valence-electron chi connectivity index (χ0n) is 18.4. The van der Waals surface area contributed by atoms with Gasteiger partial charge in [-0.1, -0.05) is 74.6 Å². The SMILES string of the molecule is CCCCc1ccc(C#Cc2ccc(C#Cc3ccc(CCC)cc3)cc2C)cc1. The van der Waals surface area contributed by atoms with Gasteiger partial charge in [0.25, 0.3) is 0 Å². The van der Waals surface area contributed by atoms with Gasteiger partial charge in [-0.25, -0.2) is 0 Å². The minimum absolute atomic E-state index is 1.02. The molecule has 0 aliphatic rings. The van der Waals surface area contributed by atoms with E-state index in [0.29, 0.717) is 0 Å². The van der Waals surface area contributed by atoms with E-state index in [2.05, 4.69) is 111 Å². The Morgan fingerprint density at radius 3 is 1.67 bits per heavy atom. The summed E-state index contributed by atoms with van der Waals surface area (Å²) < 4.78 is 0. The van der Waals surface area contributed by atoms with E-state index in [1.54, 1.807) is 0 Å². The summed E-state index contributed by atoms with van der Waals surface area (Å²) in [6, 6.07) is 23.5. The van der Waals surface area contributed by atoms with Gasteiger partial charge in [-0.05, 0) is 85.3 Å². The molecule has 0 atom stereocenters. The first kappa shape index (κ1) is 21.5. The van der Waals surface area contributed by atoms with Gasteiger partial charge < -0.3 is 0 Å². The number of benzene rings is 3. The molecule has 0 amide bonds. The molecule has 0 unspecified atom stereocenters. The number of hydrogen-bond donors (Lipinski definition) is 0. The first-order valence-electron chi connectivity index (χ1n) is 11.0. The summed E-state index contributed by atoms with van der Waals surface area (Å²) in [6.45, 7) is 6.53. The molecule has 3 aromatic carbocycles. The van der Waals surface area contributed by atoms with Gasteiger partial charge in [0, 0.05) is 22.3 Å². The van der Waals surface area contributed by atoms with Crippen LogP contribution in [0.15, 0.2) is 66.7 Å². The van der Waals surface area contributed by atoms with Crippen molar-refractivity contribution in [1.29, 1.82) is 0 Å². The third-order valence-electron chi connectivity index (χ3n) is 5.18. The zero-order chi connectivity index (χ0) is 21.2.